The Hall–Kier alpha value is -2.68. The first kappa shape index (κ1) is 17.2. The molecule has 0 atom stereocenters. The van der Waals surface area contributed by atoms with E-state index in [9.17, 15) is 18.0 Å². The van der Waals surface area contributed by atoms with E-state index in [4.69, 9.17) is 4.52 Å². The smallest absolute Gasteiger partial charge is 0.339 e. The highest BCUT2D eigenvalue weighted by molar-refractivity contribution is 7.13. The van der Waals surface area contributed by atoms with Crippen LogP contribution >= 0.6 is 11.3 Å². The predicted octanol–water partition coefficient (Wildman–Crippen LogP) is 4.28. The van der Waals surface area contributed by atoms with Gasteiger partial charge in [0.2, 0.25) is 17.6 Å². The lowest BCUT2D eigenvalue weighted by atomic mass is 10.1. The maximum absolute atomic E-state index is 12.3. The van der Waals surface area contributed by atoms with E-state index in [2.05, 4.69) is 15.5 Å². The summed E-state index contributed by atoms with van der Waals surface area (Å²) in [5, 5.41) is 8.04. The van der Waals surface area contributed by atoms with Crippen molar-refractivity contribution in [3.63, 3.8) is 0 Å². The summed E-state index contributed by atoms with van der Waals surface area (Å²) < 4.78 is 42.1. The highest BCUT2D eigenvalue weighted by Gasteiger charge is 2.31. The number of hydrogen-bond acceptors (Lipinski definition) is 5. The maximum Gasteiger partial charge on any atom is 0.397 e. The molecule has 3 rings (SSSR count). The van der Waals surface area contributed by atoms with E-state index in [-0.39, 0.29) is 12.1 Å². The molecule has 0 aliphatic rings. The largest absolute Gasteiger partial charge is 0.397 e. The van der Waals surface area contributed by atoms with Crippen LogP contribution in [0.2, 0.25) is 0 Å². The van der Waals surface area contributed by atoms with E-state index in [0.29, 0.717) is 17.3 Å². The molecule has 0 spiro atoms. The molecule has 0 aliphatic carbocycles. The number of carbonyl (C=O) groups excluding carboxylic acids is 1. The first-order chi connectivity index (χ1) is 11.9. The standard InChI is InChI=1S/C16H12F3N3O2S/c17-16(18,19)9-13(23)20-11-5-2-1-4-10(11)8-14-21-15(22-24-14)12-6-3-7-25-12/h1-7H,8-9H2,(H,20,23). The molecule has 0 fully saturated rings. The molecule has 3 aromatic rings. The number of carbonyl (C=O) groups is 1. The number of benzene rings is 1. The lowest BCUT2D eigenvalue weighted by Crippen LogP contribution is -2.21. The minimum atomic E-state index is -4.55. The number of halogens is 3. The van der Waals surface area contributed by atoms with Gasteiger partial charge >= 0.3 is 6.18 Å². The second kappa shape index (κ2) is 7.06. The normalized spacial score (nSPS) is 11.5. The number of nitrogens with one attached hydrogen (secondary N) is 1. The van der Waals surface area contributed by atoms with Gasteiger partial charge in [-0.2, -0.15) is 18.2 Å². The fourth-order valence-electron chi connectivity index (χ4n) is 2.17. The van der Waals surface area contributed by atoms with Gasteiger partial charge in [0.15, 0.2) is 0 Å². The van der Waals surface area contributed by atoms with Crippen molar-refractivity contribution in [1.29, 1.82) is 0 Å². The molecular formula is C16H12F3N3O2S. The number of hydrogen-bond donors (Lipinski definition) is 1. The summed E-state index contributed by atoms with van der Waals surface area (Å²) in [6.07, 6.45) is -5.90. The van der Waals surface area contributed by atoms with Crippen LogP contribution in [0.1, 0.15) is 17.9 Å². The van der Waals surface area contributed by atoms with Gasteiger partial charge < -0.3 is 9.84 Å². The highest BCUT2D eigenvalue weighted by atomic mass is 32.1. The van der Waals surface area contributed by atoms with E-state index in [1.54, 1.807) is 18.2 Å². The Morgan fingerprint density at radius 3 is 2.72 bits per heavy atom. The fourth-order valence-corrected chi connectivity index (χ4v) is 2.82. The zero-order valence-electron chi connectivity index (χ0n) is 12.7. The Bertz CT molecular complexity index is 860. The Kier molecular flexibility index (Phi) is 4.84. The van der Waals surface area contributed by atoms with E-state index in [1.807, 2.05) is 17.5 Å². The van der Waals surface area contributed by atoms with E-state index < -0.39 is 18.5 Å². The molecule has 1 N–H and O–H groups in total. The Morgan fingerprint density at radius 1 is 1.20 bits per heavy atom. The molecule has 0 saturated carbocycles. The third-order valence-corrected chi connectivity index (χ3v) is 4.07. The third-order valence-electron chi connectivity index (χ3n) is 3.20. The average Bonchev–Trinajstić information content (AvgIpc) is 3.18. The number of alkyl halides is 3. The molecule has 0 unspecified atom stereocenters. The summed E-state index contributed by atoms with van der Waals surface area (Å²) in [4.78, 5) is 16.6. The average molecular weight is 367 g/mol. The van der Waals surface area contributed by atoms with Crippen molar-refractivity contribution in [3.8, 4) is 10.7 Å². The summed E-state index contributed by atoms with van der Waals surface area (Å²) in [5.74, 6) is -0.366. The summed E-state index contributed by atoms with van der Waals surface area (Å²) in [7, 11) is 0. The summed E-state index contributed by atoms with van der Waals surface area (Å²) >= 11 is 1.46. The number of anilines is 1. The Labute approximate surface area is 144 Å². The predicted molar refractivity (Wildman–Crippen MR) is 86.2 cm³/mol. The van der Waals surface area contributed by atoms with Crippen LogP contribution in [0.5, 0.6) is 0 Å². The van der Waals surface area contributed by atoms with Gasteiger partial charge in [0.05, 0.1) is 11.3 Å². The van der Waals surface area contributed by atoms with Crippen LogP contribution in [-0.4, -0.2) is 22.2 Å². The maximum atomic E-state index is 12.3. The lowest BCUT2D eigenvalue weighted by Gasteiger charge is -2.11. The van der Waals surface area contributed by atoms with Gasteiger partial charge in [0.1, 0.15) is 6.42 Å². The van der Waals surface area contributed by atoms with Crippen molar-refractivity contribution in [2.45, 2.75) is 19.0 Å². The van der Waals surface area contributed by atoms with Gasteiger partial charge in [-0.3, -0.25) is 4.79 Å². The first-order valence-electron chi connectivity index (χ1n) is 7.22. The number of aromatic nitrogens is 2. The highest BCUT2D eigenvalue weighted by Crippen LogP contribution is 2.25. The summed E-state index contributed by atoms with van der Waals surface area (Å²) in [5.41, 5.74) is 0.868. The molecule has 0 radical (unpaired) electrons. The molecule has 5 nitrogen and oxygen atoms in total. The minimum Gasteiger partial charge on any atom is -0.339 e. The second-order valence-corrected chi connectivity index (χ2v) is 6.11. The molecule has 1 amide bonds. The van der Waals surface area contributed by atoms with Crippen molar-refractivity contribution in [3.05, 3.63) is 53.2 Å². The molecule has 0 bridgehead atoms. The number of thiophene rings is 1. The van der Waals surface area contributed by atoms with Crippen LogP contribution in [-0.2, 0) is 11.2 Å². The summed E-state index contributed by atoms with van der Waals surface area (Å²) in [6, 6.07) is 10.3. The van der Waals surface area contributed by atoms with Gasteiger partial charge in [-0.25, -0.2) is 0 Å². The fraction of sp³-hybridized carbons (Fsp3) is 0.188. The Morgan fingerprint density at radius 2 is 2.00 bits per heavy atom. The lowest BCUT2D eigenvalue weighted by molar-refractivity contribution is -0.150. The van der Waals surface area contributed by atoms with Crippen LogP contribution in [0, 0.1) is 0 Å². The van der Waals surface area contributed by atoms with Crippen LogP contribution in [0.25, 0.3) is 10.7 Å². The van der Waals surface area contributed by atoms with Crippen molar-refractivity contribution >= 4 is 22.9 Å². The zero-order valence-corrected chi connectivity index (χ0v) is 13.5. The van der Waals surface area contributed by atoms with Crippen LogP contribution < -0.4 is 5.32 Å². The van der Waals surface area contributed by atoms with Crippen LogP contribution in [0.15, 0.2) is 46.3 Å². The van der Waals surface area contributed by atoms with Crippen molar-refractivity contribution in [2.24, 2.45) is 0 Å². The van der Waals surface area contributed by atoms with Gasteiger partial charge in [-0.15, -0.1) is 11.3 Å². The number of para-hydroxylation sites is 1. The molecule has 2 aromatic heterocycles. The van der Waals surface area contributed by atoms with Gasteiger partial charge in [-0.05, 0) is 23.1 Å². The number of rotatable bonds is 5. The van der Waals surface area contributed by atoms with Gasteiger partial charge in [0.25, 0.3) is 0 Å². The van der Waals surface area contributed by atoms with Crippen molar-refractivity contribution in [2.75, 3.05) is 5.32 Å². The van der Waals surface area contributed by atoms with E-state index >= 15 is 0 Å². The minimum absolute atomic E-state index is 0.195. The van der Waals surface area contributed by atoms with Crippen molar-refractivity contribution in [1.82, 2.24) is 10.1 Å². The molecule has 1 aromatic carbocycles. The number of amides is 1. The third kappa shape index (κ3) is 4.66. The number of nitrogens with zero attached hydrogens (tertiary/aromatic N) is 2. The topological polar surface area (TPSA) is 68.0 Å². The van der Waals surface area contributed by atoms with Crippen molar-refractivity contribution < 1.29 is 22.5 Å². The van der Waals surface area contributed by atoms with Crippen LogP contribution in [0.3, 0.4) is 0 Å². The quantitative estimate of drug-likeness (QED) is 0.731. The van der Waals surface area contributed by atoms with E-state index in [0.717, 1.165) is 4.88 Å². The molecule has 9 heteroatoms. The molecule has 2 heterocycles. The second-order valence-electron chi connectivity index (χ2n) is 5.16. The first-order valence-corrected chi connectivity index (χ1v) is 8.09. The molecule has 0 saturated heterocycles. The zero-order chi connectivity index (χ0) is 17.9. The monoisotopic (exact) mass is 367 g/mol. The summed E-state index contributed by atoms with van der Waals surface area (Å²) in [6.45, 7) is 0. The molecule has 25 heavy (non-hydrogen) atoms. The van der Waals surface area contributed by atoms with Gasteiger partial charge in [-0.1, -0.05) is 29.4 Å². The van der Waals surface area contributed by atoms with Gasteiger partial charge in [0, 0.05) is 5.69 Å². The van der Waals surface area contributed by atoms with Crippen LogP contribution in [0.4, 0.5) is 18.9 Å². The molecule has 130 valence electrons. The van der Waals surface area contributed by atoms with E-state index in [1.165, 1.54) is 17.4 Å². The molecular weight excluding hydrogens is 355 g/mol. The Balaban J connectivity index is 1.74. The SMILES string of the molecule is O=C(CC(F)(F)F)Nc1ccccc1Cc1nc(-c2cccs2)no1. The molecule has 0 aliphatic heterocycles.